The lowest BCUT2D eigenvalue weighted by molar-refractivity contribution is -0.154. The van der Waals surface area contributed by atoms with Crippen LogP contribution in [0.3, 0.4) is 0 Å². The van der Waals surface area contributed by atoms with Gasteiger partial charge in [-0.25, -0.2) is 0 Å². The first kappa shape index (κ1) is 27.8. The van der Waals surface area contributed by atoms with Crippen molar-refractivity contribution in [3.8, 4) is 0 Å². The number of carbonyl (C=O) groups is 3. The SMILES string of the molecule is C=CCN(C(=O)[C@H]1N(CCCCCO)C(=O)[C@@H]2[C@@H](C(=O)OCC)[C@@H]3O[C@@]21CC3Br)c1c(C)cccc1C. The van der Waals surface area contributed by atoms with E-state index in [1.807, 2.05) is 32.0 Å². The topological polar surface area (TPSA) is 96.4 Å². The number of hydrogen-bond donors (Lipinski definition) is 1. The molecule has 202 valence electrons. The van der Waals surface area contributed by atoms with Crippen LogP contribution in [-0.2, 0) is 23.9 Å². The number of likely N-dealkylation sites (tertiary alicyclic amines) is 1. The first-order valence-electron chi connectivity index (χ1n) is 13.1. The highest BCUT2D eigenvalue weighted by Crippen LogP contribution is 2.60. The maximum atomic E-state index is 14.6. The highest BCUT2D eigenvalue weighted by atomic mass is 79.9. The number of anilines is 1. The van der Waals surface area contributed by atoms with E-state index >= 15 is 0 Å². The molecule has 0 saturated carbocycles. The number of fused-ring (bicyclic) bond motifs is 1. The van der Waals surface area contributed by atoms with Crippen molar-refractivity contribution in [3.63, 3.8) is 0 Å². The Bertz CT molecular complexity index is 1040. The predicted octanol–water partition coefficient (Wildman–Crippen LogP) is 3.30. The first-order chi connectivity index (χ1) is 17.7. The molecule has 8 nitrogen and oxygen atoms in total. The Kier molecular flexibility index (Phi) is 8.45. The zero-order chi connectivity index (χ0) is 26.9. The van der Waals surface area contributed by atoms with E-state index in [2.05, 4.69) is 22.5 Å². The second kappa shape index (κ2) is 11.3. The van der Waals surface area contributed by atoms with Gasteiger partial charge in [0.15, 0.2) is 0 Å². The molecule has 1 unspecified atom stereocenters. The van der Waals surface area contributed by atoms with Crippen LogP contribution in [0.1, 0.15) is 43.7 Å². The van der Waals surface area contributed by atoms with Gasteiger partial charge in [0.05, 0.1) is 24.5 Å². The molecule has 37 heavy (non-hydrogen) atoms. The summed E-state index contributed by atoms with van der Waals surface area (Å²) in [7, 11) is 0. The Morgan fingerprint density at radius 1 is 1.30 bits per heavy atom. The number of aliphatic hydroxyl groups excluding tert-OH is 1. The minimum atomic E-state index is -1.13. The van der Waals surface area contributed by atoms with E-state index in [0.717, 1.165) is 23.2 Å². The van der Waals surface area contributed by atoms with E-state index in [4.69, 9.17) is 9.47 Å². The summed E-state index contributed by atoms with van der Waals surface area (Å²) in [6.07, 6.45) is 3.57. The molecule has 3 heterocycles. The van der Waals surface area contributed by atoms with Gasteiger partial charge in [0, 0.05) is 30.2 Å². The number of rotatable bonds is 11. The van der Waals surface area contributed by atoms with Crippen LogP contribution in [0, 0.1) is 25.7 Å². The van der Waals surface area contributed by atoms with Crippen molar-refractivity contribution >= 4 is 39.4 Å². The number of alkyl halides is 1. The molecule has 0 radical (unpaired) electrons. The molecule has 3 aliphatic heterocycles. The molecule has 1 aromatic carbocycles. The fourth-order valence-corrected chi connectivity index (χ4v) is 7.47. The number of amides is 2. The van der Waals surface area contributed by atoms with Crippen molar-refractivity contribution in [1.82, 2.24) is 4.90 Å². The van der Waals surface area contributed by atoms with Crippen LogP contribution >= 0.6 is 15.9 Å². The highest BCUT2D eigenvalue weighted by molar-refractivity contribution is 9.09. The summed E-state index contributed by atoms with van der Waals surface area (Å²) >= 11 is 3.68. The zero-order valence-electron chi connectivity index (χ0n) is 21.8. The molecule has 6 atom stereocenters. The molecule has 3 aliphatic rings. The Hall–Kier alpha value is -2.23. The van der Waals surface area contributed by atoms with E-state index in [1.165, 1.54) is 0 Å². The van der Waals surface area contributed by atoms with Crippen LogP contribution in [0.25, 0.3) is 0 Å². The quantitative estimate of drug-likeness (QED) is 0.188. The van der Waals surface area contributed by atoms with Gasteiger partial charge in [0.2, 0.25) is 5.91 Å². The lowest BCUT2D eigenvalue weighted by Crippen LogP contribution is -2.57. The number of ether oxygens (including phenoxy) is 2. The molecule has 0 aromatic heterocycles. The lowest BCUT2D eigenvalue weighted by atomic mass is 9.70. The summed E-state index contributed by atoms with van der Waals surface area (Å²) in [5, 5.41) is 9.22. The molecule has 3 fully saturated rings. The summed E-state index contributed by atoms with van der Waals surface area (Å²) in [4.78, 5) is 44.8. The van der Waals surface area contributed by atoms with Crippen LogP contribution in [0.4, 0.5) is 5.69 Å². The molecule has 1 N–H and O–H groups in total. The lowest BCUT2D eigenvalue weighted by Gasteiger charge is -2.37. The maximum Gasteiger partial charge on any atom is 0.312 e. The van der Waals surface area contributed by atoms with Gasteiger partial charge in [-0.3, -0.25) is 14.4 Å². The fourth-order valence-electron chi connectivity index (χ4n) is 6.53. The van der Waals surface area contributed by atoms with E-state index in [0.29, 0.717) is 25.8 Å². The molecule has 4 rings (SSSR count). The number of unbranched alkanes of at least 4 members (excludes halogenated alkanes) is 2. The highest BCUT2D eigenvalue weighted by Gasteiger charge is 2.77. The third kappa shape index (κ3) is 4.63. The molecular formula is C28H37BrN2O6. The minimum Gasteiger partial charge on any atom is -0.466 e. The summed E-state index contributed by atoms with van der Waals surface area (Å²) in [6.45, 7) is 10.4. The van der Waals surface area contributed by atoms with Gasteiger partial charge in [-0.05, 0) is 57.6 Å². The third-order valence-electron chi connectivity index (χ3n) is 7.93. The number of aliphatic hydroxyl groups is 1. The third-order valence-corrected chi connectivity index (χ3v) is 8.77. The number of para-hydroxylation sites is 1. The van der Waals surface area contributed by atoms with Crippen molar-refractivity contribution in [2.24, 2.45) is 11.8 Å². The molecule has 2 bridgehead atoms. The van der Waals surface area contributed by atoms with Crippen molar-refractivity contribution < 1.29 is 29.0 Å². The average Bonchev–Trinajstić information content (AvgIpc) is 3.44. The Labute approximate surface area is 227 Å². The van der Waals surface area contributed by atoms with Crippen molar-refractivity contribution in [1.29, 1.82) is 0 Å². The Morgan fingerprint density at radius 3 is 2.62 bits per heavy atom. The van der Waals surface area contributed by atoms with Gasteiger partial charge in [-0.1, -0.05) is 40.2 Å². The van der Waals surface area contributed by atoms with Gasteiger partial charge in [0.1, 0.15) is 11.6 Å². The monoisotopic (exact) mass is 576 g/mol. The van der Waals surface area contributed by atoms with Crippen LogP contribution in [0.2, 0.25) is 0 Å². The van der Waals surface area contributed by atoms with Crippen molar-refractivity contribution in [3.05, 3.63) is 42.0 Å². The van der Waals surface area contributed by atoms with E-state index in [9.17, 15) is 19.5 Å². The van der Waals surface area contributed by atoms with Gasteiger partial charge in [0.25, 0.3) is 5.91 Å². The Morgan fingerprint density at radius 2 is 2.00 bits per heavy atom. The maximum absolute atomic E-state index is 14.6. The second-order valence-electron chi connectivity index (χ2n) is 10.2. The van der Waals surface area contributed by atoms with Crippen LogP contribution in [-0.4, -0.2) is 76.7 Å². The number of halogens is 1. The standard InChI is InChI=1S/C28H37BrN2O6/c1-5-13-30(22-17(3)11-10-12-18(22)4)26(34)24-28-16-19(29)23(37-28)20(27(35)36-6-2)21(28)25(33)31(24)14-8-7-9-15-32/h5,10-12,19-21,23-24,32H,1,6-9,13-16H2,2-4H3/t19?,20-,21+,23-,24-,28+/m1/s1. The smallest absolute Gasteiger partial charge is 0.312 e. The van der Waals surface area contributed by atoms with Crippen LogP contribution in [0.5, 0.6) is 0 Å². The van der Waals surface area contributed by atoms with Crippen molar-refractivity contribution in [2.75, 3.05) is 31.2 Å². The van der Waals surface area contributed by atoms with Crippen LogP contribution in [0.15, 0.2) is 30.9 Å². The van der Waals surface area contributed by atoms with Gasteiger partial charge in [-0.2, -0.15) is 0 Å². The van der Waals surface area contributed by atoms with Gasteiger partial charge < -0.3 is 24.4 Å². The van der Waals surface area contributed by atoms with Gasteiger partial charge >= 0.3 is 5.97 Å². The molecule has 1 spiro atoms. The van der Waals surface area contributed by atoms with E-state index in [-0.39, 0.29) is 36.4 Å². The Balaban J connectivity index is 1.79. The molecule has 1 aromatic rings. The number of aryl methyl sites for hydroxylation is 2. The van der Waals surface area contributed by atoms with E-state index < -0.39 is 35.6 Å². The molecule has 0 aliphatic carbocycles. The number of benzene rings is 1. The van der Waals surface area contributed by atoms with Gasteiger partial charge in [-0.15, -0.1) is 6.58 Å². The molecule has 2 amide bonds. The summed E-state index contributed by atoms with van der Waals surface area (Å²) in [5.74, 6) is -2.47. The number of esters is 1. The average molecular weight is 578 g/mol. The fraction of sp³-hybridized carbons (Fsp3) is 0.607. The largest absolute Gasteiger partial charge is 0.466 e. The summed E-state index contributed by atoms with van der Waals surface area (Å²) < 4.78 is 11.9. The summed E-state index contributed by atoms with van der Waals surface area (Å²) in [5.41, 5.74) is 1.56. The van der Waals surface area contributed by atoms with Crippen LogP contribution < -0.4 is 4.90 Å². The number of hydrogen-bond acceptors (Lipinski definition) is 6. The molecule has 9 heteroatoms. The molecular weight excluding hydrogens is 540 g/mol. The van der Waals surface area contributed by atoms with E-state index in [1.54, 1.807) is 22.8 Å². The minimum absolute atomic E-state index is 0.0729. The number of carbonyl (C=O) groups excluding carboxylic acids is 3. The first-order valence-corrected chi connectivity index (χ1v) is 14.0. The summed E-state index contributed by atoms with van der Waals surface area (Å²) in [6, 6.07) is 4.99. The zero-order valence-corrected chi connectivity index (χ0v) is 23.4. The number of nitrogens with zero attached hydrogens (tertiary/aromatic N) is 2. The normalized spacial score (nSPS) is 29.9. The molecule has 3 saturated heterocycles. The predicted molar refractivity (Wildman–Crippen MR) is 143 cm³/mol. The van der Waals surface area contributed by atoms with Crippen molar-refractivity contribution in [2.45, 2.75) is 69.0 Å². The second-order valence-corrected chi connectivity index (χ2v) is 11.4.